The molecule has 0 amide bonds. The maximum Gasteiger partial charge on any atom is 0.0707 e. The van der Waals surface area contributed by atoms with Crippen LogP contribution < -0.4 is 0 Å². The van der Waals surface area contributed by atoms with E-state index in [2.05, 4.69) is 157 Å². The lowest BCUT2D eigenvalue weighted by molar-refractivity contribution is 0.732. The molecule has 5 aromatic carbocycles. The van der Waals surface area contributed by atoms with Gasteiger partial charge in [-0.2, -0.15) is 0 Å². The zero-order chi connectivity index (χ0) is 23.5. The highest BCUT2D eigenvalue weighted by Crippen LogP contribution is 2.48. The number of rotatable bonds is 5. The van der Waals surface area contributed by atoms with Crippen LogP contribution in [-0.4, -0.2) is 0 Å². The molecule has 0 fully saturated rings. The Morgan fingerprint density at radius 3 is 1.50 bits per heavy atom. The van der Waals surface area contributed by atoms with E-state index in [1.165, 1.54) is 44.5 Å². The maximum absolute atomic E-state index is 3.78. The molecule has 0 radical (unpaired) electrons. The summed E-state index contributed by atoms with van der Waals surface area (Å²) in [6.07, 6.45) is 0. The zero-order valence-electron chi connectivity index (χ0n) is 19.5. The number of hydrogen-bond acceptors (Lipinski definition) is 0. The van der Waals surface area contributed by atoms with Crippen molar-refractivity contribution in [1.82, 2.24) is 0 Å². The Bertz CT molecular complexity index is 1360. The molecule has 5 rings (SSSR count). The number of halogens is 1. The van der Waals surface area contributed by atoms with Crippen LogP contribution in [0.15, 0.2) is 132 Å². The Hall–Kier alpha value is -3.42. The fraction of sp³-hybridized carbons (Fsp3) is 0.0909. The monoisotopic (exact) mass is 502 g/mol. The first-order valence-electron chi connectivity index (χ1n) is 11.6. The van der Waals surface area contributed by atoms with Gasteiger partial charge in [-0.05, 0) is 76.6 Å². The molecule has 0 bridgehead atoms. The summed E-state index contributed by atoms with van der Waals surface area (Å²) in [5, 5.41) is 0. The largest absolute Gasteiger partial charge is 0.0707 e. The van der Waals surface area contributed by atoms with Gasteiger partial charge in [0.15, 0.2) is 0 Å². The molecule has 0 unspecified atom stereocenters. The minimum atomic E-state index is -0.467. The first kappa shape index (κ1) is 22.4. The van der Waals surface area contributed by atoms with E-state index < -0.39 is 5.41 Å². The second-order valence-corrected chi connectivity index (χ2v) is 9.75. The van der Waals surface area contributed by atoms with Gasteiger partial charge in [0.2, 0.25) is 0 Å². The van der Waals surface area contributed by atoms with Crippen LogP contribution in [0.1, 0.15) is 33.4 Å². The topological polar surface area (TPSA) is 0 Å². The minimum absolute atomic E-state index is 0.467. The Balaban J connectivity index is 1.94. The summed E-state index contributed by atoms with van der Waals surface area (Å²) < 4.78 is 1.08. The van der Waals surface area contributed by atoms with Gasteiger partial charge in [-0.15, -0.1) is 0 Å². The van der Waals surface area contributed by atoms with Gasteiger partial charge >= 0.3 is 0 Å². The molecule has 0 aliphatic heterocycles. The SMILES string of the molecule is Cc1ccc(Br)cc1C(c1ccccc1)(c1ccccc1)c1cc(-c2ccccc2)ccc1C. The highest BCUT2D eigenvalue weighted by Gasteiger charge is 2.40. The van der Waals surface area contributed by atoms with Gasteiger partial charge in [0.05, 0.1) is 5.41 Å². The summed E-state index contributed by atoms with van der Waals surface area (Å²) >= 11 is 3.78. The summed E-state index contributed by atoms with van der Waals surface area (Å²) in [6, 6.07) is 46.1. The van der Waals surface area contributed by atoms with E-state index >= 15 is 0 Å². The van der Waals surface area contributed by atoms with Gasteiger partial charge in [-0.3, -0.25) is 0 Å². The van der Waals surface area contributed by atoms with Crippen LogP contribution in [0.3, 0.4) is 0 Å². The number of hydrogen-bond donors (Lipinski definition) is 0. The predicted molar refractivity (Wildman–Crippen MR) is 147 cm³/mol. The summed E-state index contributed by atoms with van der Waals surface area (Å²) in [6.45, 7) is 4.46. The van der Waals surface area contributed by atoms with Crippen LogP contribution in [0.25, 0.3) is 11.1 Å². The zero-order valence-corrected chi connectivity index (χ0v) is 21.1. The van der Waals surface area contributed by atoms with Crippen molar-refractivity contribution in [1.29, 1.82) is 0 Å². The Kier molecular flexibility index (Phi) is 6.22. The molecule has 0 aliphatic carbocycles. The van der Waals surface area contributed by atoms with Gasteiger partial charge in [0.25, 0.3) is 0 Å². The number of aryl methyl sites for hydroxylation is 2. The van der Waals surface area contributed by atoms with Gasteiger partial charge in [-0.1, -0.05) is 125 Å². The van der Waals surface area contributed by atoms with E-state index in [0.717, 1.165) is 4.47 Å². The first-order chi connectivity index (χ1) is 16.6. The normalized spacial score (nSPS) is 11.4. The quantitative estimate of drug-likeness (QED) is 0.210. The smallest absolute Gasteiger partial charge is 0.0622 e. The summed E-state index contributed by atoms with van der Waals surface area (Å²) in [5.74, 6) is 0. The average molecular weight is 503 g/mol. The molecule has 0 heterocycles. The lowest BCUT2D eigenvalue weighted by atomic mass is 9.63. The molecule has 0 spiro atoms. The molecule has 166 valence electrons. The van der Waals surface area contributed by atoms with Crippen molar-refractivity contribution in [3.05, 3.63) is 165 Å². The second kappa shape index (κ2) is 9.44. The molecule has 0 aromatic heterocycles. The predicted octanol–water partition coefficient (Wildman–Crippen LogP) is 9.12. The molecule has 0 aliphatic rings. The maximum atomic E-state index is 3.78. The minimum Gasteiger partial charge on any atom is -0.0622 e. The van der Waals surface area contributed by atoms with E-state index in [0.29, 0.717) is 0 Å². The van der Waals surface area contributed by atoms with Crippen molar-refractivity contribution in [2.45, 2.75) is 19.3 Å². The molecular formula is C33H27Br. The summed E-state index contributed by atoms with van der Waals surface area (Å²) in [7, 11) is 0. The standard InChI is InChI=1S/C33H27Br/c1-24-18-20-27(26-12-6-3-7-13-26)22-31(24)33(28-14-8-4-9-15-28,29-16-10-5-11-17-29)32-23-30(34)21-19-25(32)2/h3-23H,1-2H3. The third kappa shape index (κ3) is 3.91. The Morgan fingerprint density at radius 1 is 0.471 bits per heavy atom. The Morgan fingerprint density at radius 2 is 0.941 bits per heavy atom. The molecular weight excluding hydrogens is 476 g/mol. The van der Waals surface area contributed by atoms with Crippen molar-refractivity contribution in [3.8, 4) is 11.1 Å². The van der Waals surface area contributed by atoms with E-state index in [1.807, 2.05) is 0 Å². The molecule has 0 saturated carbocycles. The van der Waals surface area contributed by atoms with Crippen molar-refractivity contribution < 1.29 is 0 Å². The van der Waals surface area contributed by atoms with Gasteiger partial charge in [0, 0.05) is 4.47 Å². The number of benzene rings is 5. The lowest BCUT2D eigenvalue weighted by Gasteiger charge is -2.39. The van der Waals surface area contributed by atoms with E-state index in [4.69, 9.17) is 0 Å². The van der Waals surface area contributed by atoms with Crippen LogP contribution >= 0.6 is 15.9 Å². The fourth-order valence-electron chi connectivity index (χ4n) is 5.14. The Labute approximate surface area is 211 Å². The van der Waals surface area contributed by atoms with Crippen LogP contribution in [0.4, 0.5) is 0 Å². The van der Waals surface area contributed by atoms with E-state index in [9.17, 15) is 0 Å². The van der Waals surface area contributed by atoms with Gasteiger partial charge < -0.3 is 0 Å². The van der Waals surface area contributed by atoms with Crippen LogP contribution in [0.2, 0.25) is 0 Å². The molecule has 5 aromatic rings. The molecule has 0 atom stereocenters. The van der Waals surface area contributed by atoms with Crippen molar-refractivity contribution >= 4 is 15.9 Å². The highest BCUT2D eigenvalue weighted by atomic mass is 79.9. The molecule has 34 heavy (non-hydrogen) atoms. The molecule has 0 saturated heterocycles. The van der Waals surface area contributed by atoms with Crippen LogP contribution in [0, 0.1) is 13.8 Å². The van der Waals surface area contributed by atoms with E-state index in [-0.39, 0.29) is 0 Å². The van der Waals surface area contributed by atoms with Gasteiger partial charge in [-0.25, -0.2) is 0 Å². The second-order valence-electron chi connectivity index (χ2n) is 8.84. The first-order valence-corrected chi connectivity index (χ1v) is 12.4. The third-order valence-electron chi connectivity index (χ3n) is 6.77. The summed E-state index contributed by atoms with van der Waals surface area (Å²) in [5.41, 5.74) is 9.62. The molecule has 0 nitrogen and oxygen atoms in total. The van der Waals surface area contributed by atoms with Crippen molar-refractivity contribution in [2.75, 3.05) is 0 Å². The van der Waals surface area contributed by atoms with Gasteiger partial charge in [0.1, 0.15) is 0 Å². The molecule has 0 N–H and O–H groups in total. The van der Waals surface area contributed by atoms with Crippen molar-refractivity contribution in [3.63, 3.8) is 0 Å². The lowest BCUT2D eigenvalue weighted by Crippen LogP contribution is -2.32. The van der Waals surface area contributed by atoms with E-state index in [1.54, 1.807) is 0 Å². The molecule has 1 heteroatoms. The third-order valence-corrected chi connectivity index (χ3v) is 7.26. The average Bonchev–Trinajstić information content (AvgIpc) is 2.89. The summed E-state index contributed by atoms with van der Waals surface area (Å²) in [4.78, 5) is 0. The fourth-order valence-corrected chi connectivity index (χ4v) is 5.51. The highest BCUT2D eigenvalue weighted by molar-refractivity contribution is 9.10. The van der Waals surface area contributed by atoms with Crippen LogP contribution in [-0.2, 0) is 5.41 Å². The van der Waals surface area contributed by atoms with Crippen LogP contribution in [0.5, 0.6) is 0 Å². The van der Waals surface area contributed by atoms with Crippen molar-refractivity contribution in [2.24, 2.45) is 0 Å².